The van der Waals surface area contributed by atoms with Gasteiger partial charge in [-0.15, -0.1) is 11.3 Å². The smallest absolute Gasteiger partial charge is 0.346 e. The Morgan fingerprint density at radius 1 is 1.47 bits per heavy atom. The van der Waals surface area contributed by atoms with Gasteiger partial charge in [-0.3, -0.25) is 0 Å². The summed E-state index contributed by atoms with van der Waals surface area (Å²) >= 11 is 1.33. The van der Waals surface area contributed by atoms with Gasteiger partial charge in [0.25, 0.3) is 0 Å². The van der Waals surface area contributed by atoms with Gasteiger partial charge in [-0.25, -0.2) is 4.79 Å². The van der Waals surface area contributed by atoms with Crippen molar-refractivity contribution in [1.29, 1.82) is 0 Å². The zero-order chi connectivity index (χ0) is 13.4. The number of carbonyl (C=O) groups is 1. The third-order valence-electron chi connectivity index (χ3n) is 3.42. The van der Waals surface area contributed by atoms with Gasteiger partial charge in [-0.2, -0.15) is 0 Å². The molecule has 1 atom stereocenters. The van der Waals surface area contributed by atoms with Gasteiger partial charge < -0.3 is 14.7 Å². The van der Waals surface area contributed by atoms with Crippen LogP contribution in [0.2, 0.25) is 0 Å². The quantitative estimate of drug-likeness (QED) is 0.916. The molecule has 1 aromatic carbocycles. The number of likely N-dealkylation sites (N-methyl/N-ethyl adjacent to an activating group) is 1. The first-order valence-electron chi connectivity index (χ1n) is 6.21. The lowest BCUT2D eigenvalue weighted by molar-refractivity contribution is -0.0204. The molecule has 1 saturated heterocycles. The minimum absolute atomic E-state index is 0.152. The van der Waals surface area contributed by atoms with Crippen LogP contribution in [-0.4, -0.2) is 42.7 Å². The van der Waals surface area contributed by atoms with Crippen molar-refractivity contribution in [2.24, 2.45) is 0 Å². The van der Waals surface area contributed by atoms with Crippen molar-refractivity contribution in [3.05, 3.63) is 34.7 Å². The number of morpholine rings is 1. The van der Waals surface area contributed by atoms with Crippen LogP contribution in [0.5, 0.6) is 0 Å². The van der Waals surface area contributed by atoms with Gasteiger partial charge in [0.1, 0.15) is 4.88 Å². The summed E-state index contributed by atoms with van der Waals surface area (Å²) in [7, 11) is 2.03. The van der Waals surface area contributed by atoms with Gasteiger partial charge in [0.15, 0.2) is 0 Å². The maximum absolute atomic E-state index is 11.5. The SMILES string of the molecule is CN1CCOC(c2c(C(=O)O)sc3ccccc23)C1. The molecule has 0 amide bonds. The zero-order valence-electron chi connectivity index (χ0n) is 10.6. The van der Waals surface area contributed by atoms with Crippen molar-refractivity contribution in [2.45, 2.75) is 6.10 Å². The highest BCUT2D eigenvalue weighted by Crippen LogP contribution is 2.37. The van der Waals surface area contributed by atoms with E-state index in [0.717, 1.165) is 28.7 Å². The highest BCUT2D eigenvalue weighted by molar-refractivity contribution is 7.21. The first-order chi connectivity index (χ1) is 9.16. The maximum Gasteiger partial charge on any atom is 0.346 e. The van der Waals surface area contributed by atoms with E-state index in [-0.39, 0.29) is 6.10 Å². The van der Waals surface area contributed by atoms with Crippen LogP contribution in [0.3, 0.4) is 0 Å². The third-order valence-corrected chi connectivity index (χ3v) is 4.59. The Hall–Kier alpha value is -1.43. The van der Waals surface area contributed by atoms with Crippen molar-refractivity contribution < 1.29 is 14.6 Å². The highest BCUT2D eigenvalue weighted by Gasteiger charge is 2.28. The molecule has 5 heteroatoms. The second kappa shape index (κ2) is 4.92. The van der Waals surface area contributed by atoms with Gasteiger partial charge in [0.2, 0.25) is 0 Å². The number of aromatic carboxylic acids is 1. The number of hydrogen-bond acceptors (Lipinski definition) is 4. The zero-order valence-corrected chi connectivity index (χ0v) is 11.4. The molecule has 1 aliphatic heterocycles. The van der Waals surface area contributed by atoms with Crippen LogP contribution in [-0.2, 0) is 4.74 Å². The predicted molar refractivity (Wildman–Crippen MR) is 75.0 cm³/mol. The molecule has 100 valence electrons. The molecule has 3 rings (SSSR count). The Morgan fingerprint density at radius 3 is 3.00 bits per heavy atom. The standard InChI is InChI=1S/C14H15NO3S/c1-15-6-7-18-10(8-15)12-9-4-2-3-5-11(9)19-13(12)14(16)17/h2-5,10H,6-8H2,1H3,(H,16,17). The maximum atomic E-state index is 11.5. The summed E-state index contributed by atoms with van der Waals surface area (Å²) in [6.45, 7) is 2.27. The van der Waals surface area contributed by atoms with Crippen LogP contribution in [0.1, 0.15) is 21.3 Å². The molecular formula is C14H15NO3S. The fourth-order valence-electron chi connectivity index (χ4n) is 2.50. The Bertz CT molecular complexity index is 622. The van der Waals surface area contributed by atoms with Gasteiger partial charge in [0, 0.05) is 23.4 Å². The van der Waals surface area contributed by atoms with Crippen molar-refractivity contribution in [3.8, 4) is 0 Å². The summed E-state index contributed by atoms with van der Waals surface area (Å²) < 4.78 is 6.80. The molecule has 0 bridgehead atoms. The second-order valence-corrected chi connectivity index (χ2v) is 5.82. The van der Waals surface area contributed by atoms with Crippen molar-refractivity contribution in [3.63, 3.8) is 0 Å². The van der Waals surface area contributed by atoms with Gasteiger partial charge >= 0.3 is 5.97 Å². The first-order valence-corrected chi connectivity index (χ1v) is 7.03. The van der Waals surface area contributed by atoms with Crippen LogP contribution in [0.25, 0.3) is 10.1 Å². The van der Waals surface area contributed by atoms with Crippen LogP contribution < -0.4 is 0 Å². The number of rotatable bonds is 2. The molecule has 1 N–H and O–H groups in total. The molecular weight excluding hydrogens is 262 g/mol. The molecule has 2 aromatic rings. The summed E-state index contributed by atoms with van der Waals surface area (Å²) in [6, 6.07) is 7.81. The third kappa shape index (κ3) is 2.25. The molecule has 0 saturated carbocycles. The lowest BCUT2D eigenvalue weighted by Gasteiger charge is -2.30. The minimum Gasteiger partial charge on any atom is -0.477 e. The van der Waals surface area contributed by atoms with E-state index in [0.29, 0.717) is 11.5 Å². The second-order valence-electron chi connectivity index (χ2n) is 4.77. The lowest BCUT2D eigenvalue weighted by Crippen LogP contribution is -2.35. The van der Waals surface area contributed by atoms with Crippen LogP contribution in [0.4, 0.5) is 0 Å². The minimum atomic E-state index is -0.868. The van der Waals surface area contributed by atoms with E-state index in [1.807, 2.05) is 31.3 Å². The Morgan fingerprint density at radius 2 is 2.26 bits per heavy atom. The average molecular weight is 277 g/mol. The molecule has 19 heavy (non-hydrogen) atoms. The number of nitrogens with zero attached hydrogens (tertiary/aromatic N) is 1. The Balaban J connectivity index is 2.14. The number of carboxylic acid groups (broad SMARTS) is 1. The fourth-order valence-corrected chi connectivity index (χ4v) is 3.59. The molecule has 1 fully saturated rings. The molecule has 0 spiro atoms. The van der Waals surface area contributed by atoms with Gasteiger partial charge in [0.05, 0.1) is 12.7 Å². The van der Waals surface area contributed by atoms with E-state index in [1.165, 1.54) is 11.3 Å². The molecule has 4 nitrogen and oxygen atoms in total. The predicted octanol–water partition coefficient (Wildman–Crippen LogP) is 2.60. The highest BCUT2D eigenvalue weighted by atomic mass is 32.1. The van der Waals surface area contributed by atoms with Gasteiger partial charge in [-0.1, -0.05) is 18.2 Å². The lowest BCUT2D eigenvalue weighted by atomic mass is 10.0. The Kier molecular flexibility index (Phi) is 3.26. The normalized spacial score (nSPS) is 20.8. The monoisotopic (exact) mass is 277 g/mol. The van der Waals surface area contributed by atoms with Crippen molar-refractivity contribution in [2.75, 3.05) is 26.7 Å². The molecule has 1 aliphatic rings. The number of benzene rings is 1. The van der Waals surface area contributed by atoms with Crippen molar-refractivity contribution in [1.82, 2.24) is 4.90 Å². The summed E-state index contributed by atoms with van der Waals surface area (Å²) in [5.41, 5.74) is 0.833. The van der Waals surface area contributed by atoms with E-state index in [4.69, 9.17) is 4.74 Å². The number of ether oxygens (including phenoxy) is 1. The largest absolute Gasteiger partial charge is 0.477 e. The summed E-state index contributed by atoms with van der Waals surface area (Å²) in [5, 5.41) is 10.4. The van der Waals surface area contributed by atoms with Crippen molar-refractivity contribution >= 4 is 27.4 Å². The van der Waals surface area contributed by atoms with E-state index in [2.05, 4.69) is 4.90 Å². The van der Waals surface area contributed by atoms with Gasteiger partial charge in [-0.05, 0) is 18.5 Å². The van der Waals surface area contributed by atoms with E-state index in [1.54, 1.807) is 0 Å². The number of thiophene rings is 1. The fraction of sp³-hybridized carbons (Fsp3) is 0.357. The topological polar surface area (TPSA) is 49.8 Å². The summed E-state index contributed by atoms with van der Waals surface area (Å²) in [4.78, 5) is 14.0. The average Bonchev–Trinajstić information content (AvgIpc) is 2.78. The first kappa shape index (κ1) is 12.6. The number of fused-ring (bicyclic) bond motifs is 1. The molecule has 1 aromatic heterocycles. The number of carboxylic acids is 1. The van der Waals surface area contributed by atoms with E-state index in [9.17, 15) is 9.90 Å². The number of hydrogen-bond donors (Lipinski definition) is 1. The molecule has 0 aliphatic carbocycles. The van der Waals surface area contributed by atoms with E-state index >= 15 is 0 Å². The van der Waals surface area contributed by atoms with Crippen LogP contribution in [0, 0.1) is 0 Å². The van der Waals surface area contributed by atoms with E-state index < -0.39 is 5.97 Å². The summed E-state index contributed by atoms with van der Waals surface area (Å²) in [6.07, 6.45) is -0.152. The molecule has 1 unspecified atom stereocenters. The molecule has 0 radical (unpaired) electrons. The molecule has 2 heterocycles. The van der Waals surface area contributed by atoms with Crippen LogP contribution >= 0.6 is 11.3 Å². The Labute approximate surface area is 115 Å². The van der Waals surface area contributed by atoms with Crippen LogP contribution in [0.15, 0.2) is 24.3 Å². The summed E-state index contributed by atoms with van der Waals surface area (Å²) in [5.74, 6) is -0.868.